The molecule has 0 aromatic heterocycles. The maximum Gasteiger partial charge on any atom is 0.289 e. The number of nitrogens with zero attached hydrogens (tertiary/aromatic N) is 2. The second kappa shape index (κ2) is 8.61. The van der Waals surface area contributed by atoms with Crippen LogP contribution in [0, 0.1) is 20.2 Å². The zero-order valence-corrected chi connectivity index (χ0v) is 14.6. The molecule has 2 aromatic rings. The molecule has 0 spiro atoms. The van der Waals surface area contributed by atoms with Crippen LogP contribution in [-0.2, 0) is 6.42 Å². The summed E-state index contributed by atoms with van der Waals surface area (Å²) in [6.45, 7) is 0.211. The largest absolute Gasteiger partial charge is 0.493 e. The van der Waals surface area contributed by atoms with E-state index in [0.29, 0.717) is 17.9 Å². The third-order valence-corrected chi connectivity index (χ3v) is 3.78. The van der Waals surface area contributed by atoms with Crippen molar-refractivity contribution < 1.29 is 24.1 Å². The monoisotopic (exact) mass is 375 g/mol. The van der Waals surface area contributed by atoms with Gasteiger partial charge in [-0.1, -0.05) is 6.07 Å². The number of non-ortho nitro benzene ring substituents is 1. The fraction of sp³-hybridized carbons (Fsp3) is 0.235. The first-order valence-electron chi connectivity index (χ1n) is 7.79. The molecule has 10 heteroatoms. The van der Waals surface area contributed by atoms with Gasteiger partial charge in [0.2, 0.25) is 0 Å². The third-order valence-electron chi connectivity index (χ3n) is 3.78. The Balaban J connectivity index is 2.08. The fourth-order valence-corrected chi connectivity index (χ4v) is 2.43. The molecule has 0 unspecified atom stereocenters. The number of benzene rings is 2. The lowest BCUT2D eigenvalue weighted by molar-refractivity contribution is -0.394. The van der Waals surface area contributed by atoms with E-state index in [1.165, 1.54) is 14.2 Å². The summed E-state index contributed by atoms with van der Waals surface area (Å²) in [6, 6.07) is 8.19. The minimum absolute atomic E-state index is 0.211. The van der Waals surface area contributed by atoms with E-state index in [9.17, 15) is 25.0 Å². The van der Waals surface area contributed by atoms with E-state index in [-0.39, 0.29) is 12.1 Å². The highest BCUT2D eigenvalue weighted by Gasteiger charge is 2.23. The molecule has 0 heterocycles. The molecule has 0 saturated carbocycles. The van der Waals surface area contributed by atoms with E-state index < -0.39 is 27.1 Å². The minimum Gasteiger partial charge on any atom is -0.493 e. The second-order valence-electron chi connectivity index (χ2n) is 5.41. The van der Waals surface area contributed by atoms with Crippen LogP contribution in [0.5, 0.6) is 11.5 Å². The van der Waals surface area contributed by atoms with Crippen LogP contribution in [0.4, 0.5) is 11.4 Å². The van der Waals surface area contributed by atoms with Gasteiger partial charge in [0.15, 0.2) is 11.5 Å². The Labute approximate surface area is 154 Å². The van der Waals surface area contributed by atoms with Gasteiger partial charge >= 0.3 is 0 Å². The van der Waals surface area contributed by atoms with E-state index in [4.69, 9.17) is 9.47 Å². The normalized spacial score (nSPS) is 10.1. The van der Waals surface area contributed by atoms with Crippen molar-refractivity contribution >= 4 is 17.3 Å². The summed E-state index contributed by atoms with van der Waals surface area (Å²) in [7, 11) is 3.03. The number of hydrogen-bond acceptors (Lipinski definition) is 7. The number of nitro groups is 2. The molecular formula is C17H17N3O7. The molecule has 0 aliphatic rings. The van der Waals surface area contributed by atoms with Crippen molar-refractivity contribution in [3.63, 3.8) is 0 Å². The van der Waals surface area contributed by atoms with E-state index in [1.54, 1.807) is 12.1 Å². The van der Waals surface area contributed by atoms with Gasteiger partial charge in [-0.25, -0.2) is 0 Å². The Morgan fingerprint density at radius 1 is 1.00 bits per heavy atom. The van der Waals surface area contributed by atoms with Crippen LogP contribution < -0.4 is 14.8 Å². The molecule has 0 aliphatic carbocycles. The molecular weight excluding hydrogens is 358 g/mol. The zero-order chi connectivity index (χ0) is 20.0. The molecule has 10 nitrogen and oxygen atoms in total. The van der Waals surface area contributed by atoms with Crippen molar-refractivity contribution in [1.82, 2.24) is 5.32 Å². The number of amides is 1. The lowest BCUT2D eigenvalue weighted by atomic mass is 10.1. The highest BCUT2D eigenvalue weighted by atomic mass is 16.6. The van der Waals surface area contributed by atoms with Crippen LogP contribution in [0.25, 0.3) is 0 Å². The number of ether oxygens (including phenoxy) is 2. The first-order chi connectivity index (χ1) is 12.9. The number of nitrogens with one attached hydrogen (secondary N) is 1. The molecule has 0 fully saturated rings. The van der Waals surface area contributed by atoms with E-state index in [2.05, 4.69) is 5.32 Å². The summed E-state index contributed by atoms with van der Waals surface area (Å²) < 4.78 is 10.4. The van der Waals surface area contributed by atoms with Gasteiger partial charge in [0.1, 0.15) is 5.56 Å². The number of carbonyl (C=O) groups is 1. The molecule has 0 aliphatic heterocycles. The summed E-state index contributed by atoms with van der Waals surface area (Å²) in [6.07, 6.45) is 0.451. The van der Waals surface area contributed by atoms with Gasteiger partial charge in [-0.3, -0.25) is 25.0 Å². The summed E-state index contributed by atoms with van der Waals surface area (Å²) in [5.74, 6) is 0.441. The van der Waals surface area contributed by atoms with Crippen LogP contribution in [0.2, 0.25) is 0 Å². The van der Waals surface area contributed by atoms with Crippen LogP contribution in [-0.4, -0.2) is 36.5 Å². The van der Waals surface area contributed by atoms with Gasteiger partial charge in [-0.05, 0) is 30.2 Å². The van der Waals surface area contributed by atoms with Crippen molar-refractivity contribution in [2.24, 2.45) is 0 Å². The molecule has 0 atom stereocenters. The Hall–Kier alpha value is -3.69. The highest BCUT2D eigenvalue weighted by molar-refractivity contribution is 5.98. The molecule has 0 saturated heterocycles. The van der Waals surface area contributed by atoms with Crippen LogP contribution >= 0.6 is 0 Å². The van der Waals surface area contributed by atoms with Gasteiger partial charge in [0.25, 0.3) is 17.3 Å². The first-order valence-corrected chi connectivity index (χ1v) is 7.79. The predicted octanol–water partition coefficient (Wildman–Crippen LogP) is 2.49. The molecule has 1 N–H and O–H groups in total. The standard InChI is InChI=1S/C17H17N3O7/c1-26-15-6-3-11(9-16(15)27-2)7-8-18-17(21)13-5-4-12(19(22)23)10-14(13)20(24)25/h3-6,9-10H,7-8H2,1-2H3,(H,18,21). The second-order valence-corrected chi connectivity index (χ2v) is 5.41. The number of methoxy groups -OCH3 is 2. The van der Waals surface area contributed by atoms with Gasteiger partial charge in [-0.15, -0.1) is 0 Å². The first kappa shape index (κ1) is 19.6. The number of hydrogen-bond donors (Lipinski definition) is 1. The summed E-state index contributed by atoms with van der Waals surface area (Å²) in [5.41, 5.74) is -0.444. The number of nitro benzene ring substituents is 2. The van der Waals surface area contributed by atoms with Gasteiger partial charge in [-0.2, -0.15) is 0 Å². The molecule has 142 valence electrons. The third kappa shape index (κ3) is 4.69. The van der Waals surface area contributed by atoms with Crippen LogP contribution in [0.3, 0.4) is 0 Å². The Morgan fingerprint density at radius 2 is 1.70 bits per heavy atom. The van der Waals surface area contributed by atoms with Crippen LogP contribution in [0.15, 0.2) is 36.4 Å². The van der Waals surface area contributed by atoms with Gasteiger partial charge < -0.3 is 14.8 Å². The molecule has 2 aromatic carbocycles. The van der Waals surface area contributed by atoms with E-state index in [1.807, 2.05) is 6.07 Å². The Morgan fingerprint density at radius 3 is 2.30 bits per heavy atom. The number of rotatable bonds is 8. The van der Waals surface area contributed by atoms with Crippen molar-refractivity contribution in [1.29, 1.82) is 0 Å². The van der Waals surface area contributed by atoms with Crippen molar-refractivity contribution in [3.05, 3.63) is 67.8 Å². The molecule has 27 heavy (non-hydrogen) atoms. The maximum atomic E-state index is 12.2. The zero-order valence-electron chi connectivity index (χ0n) is 14.6. The summed E-state index contributed by atoms with van der Waals surface area (Å²) >= 11 is 0. The lowest BCUT2D eigenvalue weighted by Gasteiger charge is -2.10. The van der Waals surface area contributed by atoms with Crippen molar-refractivity contribution in [2.75, 3.05) is 20.8 Å². The average molecular weight is 375 g/mol. The average Bonchev–Trinajstić information content (AvgIpc) is 2.66. The van der Waals surface area contributed by atoms with Gasteiger partial charge in [0.05, 0.1) is 30.1 Å². The highest BCUT2D eigenvalue weighted by Crippen LogP contribution is 2.28. The minimum atomic E-state index is -0.823. The number of carbonyl (C=O) groups excluding carboxylic acids is 1. The topological polar surface area (TPSA) is 134 Å². The molecule has 2 rings (SSSR count). The molecule has 0 radical (unpaired) electrons. The Bertz CT molecular complexity index is 883. The SMILES string of the molecule is COc1ccc(CCNC(=O)c2ccc([N+](=O)[O-])cc2[N+](=O)[O-])cc1OC. The maximum absolute atomic E-state index is 12.2. The van der Waals surface area contributed by atoms with E-state index in [0.717, 1.165) is 23.8 Å². The lowest BCUT2D eigenvalue weighted by Crippen LogP contribution is -2.26. The molecule has 0 bridgehead atoms. The quantitative estimate of drug-likeness (QED) is 0.553. The smallest absolute Gasteiger partial charge is 0.289 e. The summed E-state index contributed by atoms with van der Waals surface area (Å²) in [4.78, 5) is 32.5. The molecule has 1 amide bonds. The van der Waals surface area contributed by atoms with Crippen molar-refractivity contribution in [2.45, 2.75) is 6.42 Å². The van der Waals surface area contributed by atoms with Crippen molar-refractivity contribution in [3.8, 4) is 11.5 Å². The predicted molar refractivity (Wildman–Crippen MR) is 95.3 cm³/mol. The fourth-order valence-electron chi connectivity index (χ4n) is 2.43. The Kier molecular flexibility index (Phi) is 6.26. The van der Waals surface area contributed by atoms with E-state index >= 15 is 0 Å². The van der Waals surface area contributed by atoms with Gasteiger partial charge in [0, 0.05) is 12.6 Å². The summed E-state index contributed by atoms with van der Waals surface area (Å²) in [5, 5.41) is 24.4. The van der Waals surface area contributed by atoms with Crippen LogP contribution in [0.1, 0.15) is 15.9 Å².